The first kappa shape index (κ1) is 9.19. The topological polar surface area (TPSA) is 33.2 Å². The Kier molecular flexibility index (Phi) is 2.48. The van der Waals surface area contributed by atoms with Gasteiger partial charge in [-0.3, -0.25) is 9.78 Å². The molecule has 1 aromatic rings. The second kappa shape index (κ2) is 3.78. The molecule has 0 bridgehead atoms. The molecule has 1 aromatic heterocycles. The van der Waals surface area contributed by atoms with Crippen LogP contribution in [0.25, 0.3) is 0 Å². The lowest BCUT2D eigenvalue weighted by atomic mass is 10.1. The standard InChI is InChI=1S/C11H13N2O/c1-9(14)13-8-2-3-11(13)10-4-6-12-7-5-10/h4-7,11H,1-3,8H2. The second-order valence-corrected chi connectivity index (χ2v) is 3.53. The van der Waals surface area contributed by atoms with E-state index in [1.807, 2.05) is 17.0 Å². The summed E-state index contributed by atoms with van der Waals surface area (Å²) in [7, 11) is 0. The highest BCUT2D eigenvalue weighted by atomic mass is 16.2. The normalized spacial score (nSPS) is 21.2. The van der Waals surface area contributed by atoms with Crippen molar-refractivity contribution in [3.05, 3.63) is 37.0 Å². The molecule has 0 aliphatic carbocycles. The summed E-state index contributed by atoms with van der Waals surface area (Å²) < 4.78 is 0. The van der Waals surface area contributed by atoms with Crippen molar-refractivity contribution in [2.75, 3.05) is 6.54 Å². The van der Waals surface area contributed by atoms with Gasteiger partial charge in [-0.2, -0.15) is 0 Å². The van der Waals surface area contributed by atoms with Gasteiger partial charge in [0.25, 0.3) is 0 Å². The molecule has 1 fully saturated rings. The smallest absolute Gasteiger partial charge is 0.223 e. The van der Waals surface area contributed by atoms with Crippen LogP contribution in [0, 0.1) is 6.92 Å². The Labute approximate surface area is 83.8 Å². The molecule has 1 aliphatic heterocycles. The number of hydrogen-bond acceptors (Lipinski definition) is 2. The molecule has 1 radical (unpaired) electrons. The van der Waals surface area contributed by atoms with E-state index < -0.39 is 0 Å². The highest BCUT2D eigenvalue weighted by Gasteiger charge is 2.27. The number of aromatic nitrogens is 1. The van der Waals surface area contributed by atoms with Gasteiger partial charge in [0.1, 0.15) is 0 Å². The van der Waals surface area contributed by atoms with Crippen LogP contribution in [0.2, 0.25) is 0 Å². The van der Waals surface area contributed by atoms with Crippen LogP contribution >= 0.6 is 0 Å². The molecule has 3 heteroatoms. The number of amides is 1. The Balaban J connectivity index is 2.22. The first-order valence-corrected chi connectivity index (χ1v) is 4.81. The molecule has 1 saturated heterocycles. The summed E-state index contributed by atoms with van der Waals surface area (Å²) >= 11 is 0. The third kappa shape index (κ3) is 1.62. The van der Waals surface area contributed by atoms with Crippen LogP contribution < -0.4 is 0 Å². The van der Waals surface area contributed by atoms with E-state index in [9.17, 15) is 4.79 Å². The fourth-order valence-electron chi connectivity index (χ4n) is 2.00. The highest BCUT2D eigenvalue weighted by Crippen LogP contribution is 2.31. The molecule has 1 atom stereocenters. The van der Waals surface area contributed by atoms with Crippen LogP contribution in [-0.4, -0.2) is 22.3 Å². The minimum atomic E-state index is -0.0793. The summed E-state index contributed by atoms with van der Waals surface area (Å²) in [5.41, 5.74) is 1.16. The lowest BCUT2D eigenvalue weighted by Gasteiger charge is -2.23. The number of nitrogens with zero attached hydrogens (tertiary/aromatic N) is 2. The van der Waals surface area contributed by atoms with Crippen molar-refractivity contribution >= 4 is 5.91 Å². The minimum absolute atomic E-state index is 0.0793. The lowest BCUT2D eigenvalue weighted by molar-refractivity contribution is -0.127. The van der Waals surface area contributed by atoms with Gasteiger partial charge in [-0.15, -0.1) is 0 Å². The Bertz CT molecular complexity index is 323. The van der Waals surface area contributed by atoms with Crippen molar-refractivity contribution in [1.29, 1.82) is 0 Å². The summed E-state index contributed by atoms with van der Waals surface area (Å²) in [6, 6.07) is 4.14. The number of pyridine rings is 1. The second-order valence-electron chi connectivity index (χ2n) is 3.53. The molecule has 1 amide bonds. The summed E-state index contributed by atoms with van der Waals surface area (Å²) in [5, 5.41) is 0. The van der Waals surface area contributed by atoms with E-state index in [2.05, 4.69) is 11.9 Å². The molecule has 0 saturated carbocycles. The van der Waals surface area contributed by atoms with Crippen molar-refractivity contribution in [3.63, 3.8) is 0 Å². The van der Waals surface area contributed by atoms with Gasteiger partial charge in [0.15, 0.2) is 0 Å². The average molecular weight is 189 g/mol. The maximum Gasteiger partial charge on any atom is 0.223 e. The third-order valence-electron chi connectivity index (χ3n) is 2.66. The maximum absolute atomic E-state index is 11.2. The van der Waals surface area contributed by atoms with Gasteiger partial charge in [0.05, 0.1) is 6.04 Å². The molecule has 1 unspecified atom stereocenters. The zero-order valence-electron chi connectivity index (χ0n) is 8.02. The lowest BCUT2D eigenvalue weighted by Crippen LogP contribution is -2.28. The van der Waals surface area contributed by atoms with Crippen molar-refractivity contribution in [2.45, 2.75) is 18.9 Å². The number of carbonyl (C=O) groups excluding carboxylic acids is 1. The van der Waals surface area contributed by atoms with Gasteiger partial charge in [-0.25, -0.2) is 0 Å². The molecule has 2 rings (SSSR count). The Hall–Kier alpha value is -1.38. The number of hydrogen-bond donors (Lipinski definition) is 0. The van der Waals surface area contributed by atoms with E-state index in [0.717, 1.165) is 24.9 Å². The number of rotatable bonds is 1. The molecular formula is C11H13N2O. The fourth-order valence-corrected chi connectivity index (χ4v) is 2.00. The molecular weight excluding hydrogens is 176 g/mol. The molecule has 0 spiro atoms. The monoisotopic (exact) mass is 189 g/mol. The Morgan fingerprint density at radius 1 is 1.50 bits per heavy atom. The van der Waals surface area contributed by atoms with E-state index in [1.165, 1.54) is 0 Å². The molecule has 1 aliphatic rings. The average Bonchev–Trinajstić information content (AvgIpc) is 2.67. The van der Waals surface area contributed by atoms with E-state index in [4.69, 9.17) is 0 Å². The summed E-state index contributed by atoms with van der Waals surface area (Å²) in [6.45, 7) is 4.30. The Morgan fingerprint density at radius 3 is 2.86 bits per heavy atom. The van der Waals surface area contributed by atoms with Crippen LogP contribution in [0.3, 0.4) is 0 Å². The zero-order chi connectivity index (χ0) is 9.97. The predicted molar refractivity (Wildman–Crippen MR) is 53.3 cm³/mol. The summed E-state index contributed by atoms with van der Waals surface area (Å²) in [4.78, 5) is 17.0. The minimum Gasteiger partial charge on any atom is -0.336 e. The first-order valence-electron chi connectivity index (χ1n) is 4.81. The van der Waals surface area contributed by atoms with Gasteiger partial charge in [0, 0.05) is 25.9 Å². The van der Waals surface area contributed by atoms with Crippen LogP contribution in [0.5, 0.6) is 0 Å². The number of likely N-dealkylation sites (tertiary alicyclic amines) is 1. The Morgan fingerprint density at radius 2 is 2.21 bits per heavy atom. The van der Waals surface area contributed by atoms with Crippen LogP contribution in [-0.2, 0) is 4.79 Å². The molecule has 2 heterocycles. The van der Waals surface area contributed by atoms with Crippen LogP contribution in [0.4, 0.5) is 0 Å². The largest absolute Gasteiger partial charge is 0.336 e. The van der Waals surface area contributed by atoms with Crippen molar-refractivity contribution < 1.29 is 4.79 Å². The van der Waals surface area contributed by atoms with Gasteiger partial charge in [-0.1, -0.05) is 0 Å². The summed E-state index contributed by atoms with van der Waals surface area (Å²) in [5.74, 6) is -0.0793. The van der Waals surface area contributed by atoms with Gasteiger partial charge < -0.3 is 4.90 Å². The van der Waals surface area contributed by atoms with Crippen LogP contribution in [0.15, 0.2) is 24.5 Å². The van der Waals surface area contributed by atoms with E-state index in [0.29, 0.717) is 0 Å². The number of carbonyl (C=O) groups is 1. The van der Waals surface area contributed by atoms with Gasteiger partial charge in [-0.05, 0) is 30.5 Å². The van der Waals surface area contributed by atoms with Crippen molar-refractivity contribution in [1.82, 2.24) is 9.88 Å². The SMILES string of the molecule is [CH2]C(=O)N1CCCC1c1ccncc1. The fraction of sp³-hybridized carbons (Fsp3) is 0.364. The van der Waals surface area contributed by atoms with E-state index in [-0.39, 0.29) is 11.9 Å². The zero-order valence-corrected chi connectivity index (χ0v) is 8.02. The van der Waals surface area contributed by atoms with Gasteiger partial charge in [0.2, 0.25) is 5.91 Å². The molecule has 73 valence electrons. The van der Waals surface area contributed by atoms with Gasteiger partial charge >= 0.3 is 0 Å². The molecule has 14 heavy (non-hydrogen) atoms. The highest BCUT2D eigenvalue weighted by molar-refractivity contribution is 5.81. The van der Waals surface area contributed by atoms with E-state index >= 15 is 0 Å². The van der Waals surface area contributed by atoms with E-state index in [1.54, 1.807) is 12.4 Å². The first-order chi connectivity index (χ1) is 6.79. The molecule has 0 N–H and O–H groups in total. The maximum atomic E-state index is 11.2. The molecule has 3 nitrogen and oxygen atoms in total. The predicted octanol–water partition coefficient (Wildman–Crippen LogP) is 1.58. The molecule has 0 aromatic carbocycles. The van der Waals surface area contributed by atoms with Crippen LogP contribution in [0.1, 0.15) is 24.4 Å². The quantitative estimate of drug-likeness (QED) is 0.672. The van der Waals surface area contributed by atoms with Crippen molar-refractivity contribution in [3.8, 4) is 0 Å². The summed E-state index contributed by atoms with van der Waals surface area (Å²) in [6.07, 6.45) is 5.62. The van der Waals surface area contributed by atoms with Crippen molar-refractivity contribution in [2.24, 2.45) is 0 Å². The third-order valence-corrected chi connectivity index (χ3v) is 2.66.